The third-order valence-corrected chi connectivity index (χ3v) is 4.57. The highest BCUT2D eigenvalue weighted by molar-refractivity contribution is 6.01. The van der Waals surface area contributed by atoms with Crippen LogP contribution in [0, 0.1) is 12.8 Å². The van der Waals surface area contributed by atoms with Gasteiger partial charge in [0.1, 0.15) is 11.3 Å². The molecule has 1 aliphatic carbocycles. The highest BCUT2D eigenvalue weighted by atomic mass is 16.5. The highest BCUT2D eigenvalue weighted by Gasteiger charge is 2.30. The summed E-state index contributed by atoms with van der Waals surface area (Å²) in [6.07, 6.45) is 5.44. The Morgan fingerprint density at radius 3 is 2.90 bits per heavy atom. The Morgan fingerprint density at radius 1 is 1.31 bits per heavy atom. The van der Waals surface area contributed by atoms with Crippen molar-refractivity contribution in [1.82, 2.24) is 19.9 Å². The molecule has 0 spiro atoms. The number of pyridine rings is 2. The lowest BCUT2D eigenvalue weighted by molar-refractivity contribution is -0.117. The Hall–Kier alpha value is -3.62. The third-order valence-electron chi connectivity index (χ3n) is 4.57. The van der Waals surface area contributed by atoms with Crippen LogP contribution in [-0.2, 0) is 4.79 Å². The van der Waals surface area contributed by atoms with E-state index in [0.717, 1.165) is 19.0 Å². The van der Waals surface area contributed by atoms with Crippen LogP contribution in [0.15, 0.2) is 30.7 Å². The number of carbonyl (C=O) groups is 2. The fourth-order valence-electron chi connectivity index (χ4n) is 2.95. The zero-order valence-electron chi connectivity index (χ0n) is 21.4. The number of rotatable bonds is 6. The van der Waals surface area contributed by atoms with Crippen molar-refractivity contribution in [3.63, 3.8) is 0 Å². The Bertz CT molecular complexity index is 1300. The van der Waals surface area contributed by atoms with Crippen molar-refractivity contribution >= 4 is 34.5 Å². The molecule has 0 atom stereocenters. The van der Waals surface area contributed by atoms with Crippen LogP contribution in [-0.4, -0.2) is 40.5 Å². The van der Waals surface area contributed by atoms with Gasteiger partial charge in [0.05, 0.1) is 30.2 Å². The fourth-order valence-corrected chi connectivity index (χ4v) is 2.95. The molecule has 1 fully saturated rings. The van der Waals surface area contributed by atoms with Gasteiger partial charge in [-0.05, 0) is 31.3 Å². The van der Waals surface area contributed by atoms with E-state index < -0.39 is 19.7 Å². The molecule has 0 aliphatic heterocycles. The van der Waals surface area contributed by atoms with Crippen LogP contribution >= 0.6 is 0 Å². The van der Waals surface area contributed by atoms with E-state index in [-0.39, 0.29) is 51.4 Å². The van der Waals surface area contributed by atoms with Gasteiger partial charge in [0.2, 0.25) is 5.91 Å². The normalized spacial score (nSPS) is 17.1. The van der Waals surface area contributed by atoms with E-state index in [0.29, 0.717) is 0 Å². The Labute approximate surface area is 175 Å². The molecular weight excluding hydrogens is 372 g/mol. The van der Waals surface area contributed by atoms with Gasteiger partial charge in [-0.3, -0.25) is 9.59 Å². The van der Waals surface area contributed by atoms with Gasteiger partial charge in [-0.25, -0.2) is 9.50 Å². The zero-order valence-corrected chi connectivity index (χ0v) is 15.4. The maximum atomic E-state index is 12.7. The first-order chi connectivity index (χ1) is 16.4. The predicted octanol–water partition coefficient (Wildman–Crippen LogP) is 2.50. The summed E-state index contributed by atoms with van der Waals surface area (Å²) in [5.74, 6) is -0.924. The summed E-state index contributed by atoms with van der Waals surface area (Å²) in [4.78, 5) is 28.9. The fraction of sp³-hybridized carbons (Fsp3) is 0.300. The van der Waals surface area contributed by atoms with Gasteiger partial charge in [0.15, 0.2) is 5.75 Å². The van der Waals surface area contributed by atoms with E-state index in [1.165, 1.54) is 30.1 Å². The minimum absolute atomic E-state index is 0.0366. The van der Waals surface area contributed by atoms with Crippen molar-refractivity contribution in [1.29, 1.82) is 0 Å². The SMILES string of the molecule is [2H]C([2H])([2H])NC(=O)c1cnc(NC(=O)C2CC2)cc1Nc1ccn2ncc(C([2H])([2H])[2H])c2c1OC. The zero-order chi connectivity index (χ0) is 25.5. The number of hydrogen-bond donors (Lipinski definition) is 3. The minimum Gasteiger partial charge on any atom is -0.492 e. The van der Waals surface area contributed by atoms with Gasteiger partial charge >= 0.3 is 0 Å². The predicted molar refractivity (Wildman–Crippen MR) is 109 cm³/mol. The molecule has 4 rings (SSSR count). The third kappa shape index (κ3) is 3.58. The first-order valence-electron chi connectivity index (χ1n) is 11.8. The first-order valence-corrected chi connectivity index (χ1v) is 8.82. The molecule has 9 nitrogen and oxygen atoms in total. The molecule has 1 saturated carbocycles. The average molecular weight is 400 g/mol. The Morgan fingerprint density at radius 2 is 2.17 bits per heavy atom. The van der Waals surface area contributed by atoms with Gasteiger partial charge < -0.3 is 20.7 Å². The van der Waals surface area contributed by atoms with Crippen LogP contribution in [0.5, 0.6) is 5.75 Å². The summed E-state index contributed by atoms with van der Waals surface area (Å²) in [7, 11) is 1.35. The number of carbonyl (C=O) groups excluding carboxylic acids is 2. The van der Waals surface area contributed by atoms with Crippen molar-refractivity contribution in [2.45, 2.75) is 19.7 Å². The molecule has 3 N–H and O–H groups in total. The number of fused-ring (bicyclic) bond motifs is 1. The van der Waals surface area contributed by atoms with Gasteiger partial charge in [-0.1, -0.05) is 0 Å². The monoisotopic (exact) mass is 400 g/mol. The summed E-state index contributed by atoms with van der Waals surface area (Å²) in [5, 5.41) is 11.6. The van der Waals surface area contributed by atoms with Crippen LogP contribution in [0.3, 0.4) is 0 Å². The van der Waals surface area contributed by atoms with E-state index in [9.17, 15) is 9.59 Å². The number of aryl methyl sites for hydroxylation is 1. The van der Waals surface area contributed by atoms with E-state index in [4.69, 9.17) is 13.0 Å². The summed E-state index contributed by atoms with van der Waals surface area (Å²) in [6, 6.07) is 2.94. The lowest BCUT2D eigenvalue weighted by Gasteiger charge is -2.16. The molecular formula is C20H22N6O3. The molecule has 29 heavy (non-hydrogen) atoms. The number of methoxy groups -OCH3 is 1. The summed E-state index contributed by atoms with van der Waals surface area (Å²) in [6.45, 7) is -5.20. The topological polar surface area (TPSA) is 110 Å². The van der Waals surface area contributed by atoms with Gasteiger partial charge in [-0.2, -0.15) is 5.10 Å². The second kappa shape index (κ2) is 7.42. The molecule has 9 heteroatoms. The first kappa shape index (κ1) is 12.8. The number of anilines is 3. The minimum atomic E-state index is -2.74. The maximum absolute atomic E-state index is 12.7. The molecule has 0 saturated heterocycles. The second-order valence-electron chi connectivity index (χ2n) is 6.57. The molecule has 3 aromatic heterocycles. The average Bonchev–Trinajstić information content (AvgIpc) is 3.50. The number of nitrogens with zero attached hydrogens (tertiary/aromatic N) is 3. The van der Waals surface area contributed by atoms with Crippen molar-refractivity contribution in [2.75, 3.05) is 24.7 Å². The number of nitrogens with one attached hydrogen (secondary N) is 3. The van der Waals surface area contributed by atoms with Crippen molar-refractivity contribution in [3.8, 4) is 5.75 Å². The Kier molecular flexibility index (Phi) is 3.27. The smallest absolute Gasteiger partial charge is 0.254 e. The van der Waals surface area contributed by atoms with Crippen molar-refractivity contribution in [2.24, 2.45) is 5.92 Å². The van der Waals surface area contributed by atoms with Crippen LogP contribution in [0.4, 0.5) is 17.2 Å². The largest absolute Gasteiger partial charge is 0.492 e. The molecule has 0 unspecified atom stereocenters. The second-order valence-corrected chi connectivity index (χ2v) is 6.57. The molecule has 0 bridgehead atoms. The van der Waals surface area contributed by atoms with Gasteiger partial charge in [0.25, 0.3) is 5.91 Å². The van der Waals surface area contributed by atoms with Crippen LogP contribution in [0.2, 0.25) is 0 Å². The van der Waals surface area contributed by atoms with Crippen LogP contribution in [0.1, 0.15) is 37.0 Å². The van der Waals surface area contributed by atoms with Gasteiger partial charge in [-0.15, -0.1) is 0 Å². The van der Waals surface area contributed by atoms with E-state index >= 15 is 0 Å². The maximum Gasteiger partial charge on any atom is 0.254 e. The molecule has 3 heterocycles. The lowest BCUT2D eigenvalue weighted by Crippen LogP contribution is -2.20. The van der Waals surface area contributed by atoms with Crippen LogP contribution < -0.4 is 20.7 Å². The van der Waals surface area contributed by atoms with Crippen molar-refractivity contribution in [3.05, 3.63) is 41.9 Å². The van der Waals surface area contributed by atoms with Crippen molar-refractivity contribution < 1.29 is 22.6 Å². The molecule has 3 aromatic rings. The lowest BCUT2D eigenvalue weighted by atomic mass is 10.2. The van der Waals surface area contributed by atoms with Crippen LogP contribution in [0.25, 0.3) is 5.52 Å². The Balaban J connectivity index is 1.78. The van der Waals surface area contributed by atoms with E-state index in [1.54, 1.807) is 6.07 Å². The quantitative estimate of drug-likeness (QED) is 0.586. The molecule has 0 radical (unpaired) electrons. The van der Waals surface area contributed by atoms with Gasteiger partial charge in [0, 0.05) is 39.6 Å². The van der Waals surface area contributed by atoms with E-state index in [2.05, 4.69) is 20.7 Å². The number of aromatic nitrogens is 3. The molecule has 0 aromatic carbocycles. The number of hydrogen-bond acceptors (Lipinski definition) is 6. The van der Waals surface area contributed by atoms with E-state index in [1.807, 2.05) is 5.32 Å². The highest BCUT2D eigenvalue weighted by Crippen LogP contribution is 2.35. The summed E-state index contributed by atoms with van der Waals surface area (Å²) in [5.41, 5.74) is 0.440. The molecule has 150 valence electrons. The summed E-state index contributed by atoms with van der Waals surface area (Å²) < 4.78 is 52.2. The summed E-state index contributed by atoms with van der Waals surface area (Å²) >= 11 is 0. The number of amides is 2. The molecule has 2 amide bonds. The molecule has 1 aliphatic rings. The number of ether oxygens (including phenoxy) is 1. The standard InChI is InChI=1S/C20H22N6O3/c1-11-9-23-26-7-6-14(18(29-3)17(11)26)24-15-8-16(25-19(27)12-4-5-12)22-10-13(15)20(28)21-2/h6-10,12H,4-5H2,1-3H3,(H,21,28)(H2,22,24,25,27)/i1D3,2D3.